The number of rotatable bonds is 3. The highest BCUT2D eigenvalue weighted by Gasteiger charge is 2.34. The Bertz CT molecular complexity index is 569. The molecule has 0 bridgehead atoms. The first-order valence-corrected chi connectivity index (χ1v) is 6.45. The fraction of sp³-hybridized carbons (Fsp3) is 0.429. The van der Waals surface area contributed by atoms with Crippen molar-refractivity contribution in [3.63, 3.8) is 0 Å². The third kappa shape index (κ3) is 3.80. The summed E-state index contributed by atoms with van der Waals surface area (Å²) >= 11 is 0. The van der Waals surface area contributed by atoms with Crippen molar-refractivity contribution in [1.82, 2.24) is 5.32 Å². The third-order valence-corrected chi connectivity index (χ3v) is 3.34. The predicted octanol–water partition coefficient (Wildman–Crippen LogP) is 2.62. The van der Waals surface area contributed by atoms with Gasteiger partial charge in [0.05, 0.1) is 18.0 Å². The highest BCUT2D eigenvalue weighted by Crippen LogP contribution is 2.32. The van der Waals surface area contributed by atoms with Gasteiger partial charge in [0.2, 0.25) is 5.91 Å². The fourth-order valence-corrected chi connectivity index (χ4v) is 2.30. The minimum Gasteiger partial charge on any atom is -0.346 e. The van der Waals surface area contributed by atoms with Crippen LogP contribution < -0.4 is 5.32 Å². The quantitative estimate of drug-likeness (QED) is 0.873. The number of nitrogens with one attached hydrogen (secondary N) is 1. The van der Waals surface area contributed by atoms with Crippen molar-refractivity contribution in [2.24, 2.45) is 0 Å². The molecule has 0 aromatic heterocycles. The number of hydrogen-bond donors (Lipinski definition) is 1. The van der Waals surface area contributed by atoms with Crippen LogP contribution in [0.4, 0.5) is 17.6 Å². The van der Waals surface area contributed by atoms with E-state index in [0.29, 0.717) is 31.4 Å². The minimum absolute atomic E-state index is 0.0478. The number of benzene rings is 1. The van der Waals surface area contributed by atoms with Crippen LogP contribution in [0.3, 0.4) is 0 Å². The van der Waals surface area contributed by atoms with Gasteiger partial charge in [-0.05, 0) is 30.5 Å². The lowest BCUT2D eigenvalue weighted by atomic mass is 10.1. The van der Waals surface area contributed by atoms with Crippen LogP contribution in [0.5, 0.6) is 0 Å². The number of amides is 1. The average Bonchev–Trinajstić information content (AvgIpc) is 2.76. The first-order valence-electron chi connectivity index (χ1n) is 6.45. The van der Waals surface area contributed by atoms with Crippen molar-refractivity contribution in [2.45, 2.75) is 37.9 Å². The molecule has 21 heavy (non-hydrogen) atoms. The zero-order chi connectivity index (χ0) is 15.6. The van der Waals surface area contributed by atoms with Crippen LogP contribution in [0.25, 0.3) is 0 Å². The van der Waals surface area contributed by atoms with Crippen LogP contribution in [-0.4, -0.2) is 17.7 Å². The summed E-state index contributed by atoms with van der Waals surface area (Å²) in [5, 5.41) is 2.49. The lowest BCUT2D eigenvalue weighted by Crippen LogP contribution is -2.38. The highest BCUT2D eigenvalue weighted by atomic mass is 19.4. The summed E-state index contributed by atoms with van der Waals surface area (Å²) in [5.74, 6) is -1.99. The topological polar surface area (TPSA) is 46.2 Å². The van der Waals surface area contributed by atoms with E-state index in [0.717, 1.165) is 6.07 Å². The van der Waals surface area contributed by atoms with Gasteiger partial charge in [-0.2, -0.15) is 13.2 Å². The molecule has 1 aliphatic carbocycles. The number of carbonyl (C=O) groups excluding carboxylic acids is 2. The van der Waals surface area contributed by atoms with Crippen LogP contribution in [0.1, 0.15) is 30.4 Å². The van der Waals surface area contributed by atoms with Crippen LogP contribution in [0.2, 0.25) is 0 Å². The molecule has 0 spiro atoms. The predicted molar refractivity (Wildman–Crippen MR) is 65.9 cm³/mol. The summed E-state index contributed by atoms with van der Waals surface area (Å²) in [6, 6.07) is 1.87. The monoisotopic (exact) mass is 303 g/mol. The van der Waals surface area contributed by atoms with Gasteiger partial charge in [0.25, 0.3) is 0 Å². The van der Waals surface area contributed by atoms with Gasteiger partial charge in [-0.3, -0.25) is 9.59 Å². The second kappa shape index (κ2) is 5.83. The van der Waals surface area contributed by atoms with Crippen LogP contribution in [-0.2, 0) is 22.2 Å². The van der Waals surface area contributed by atoms with E-state index in [4.69, 9.17) is 0 Å². The van der Waals surface area contributed by atoms with Gasteiger partial charge in [0.1, 0.15) is 5.82 Å². The summed E-state index contributed by atoms with van der Waals surface area (Å²) in [4.78, 5) is 23.1. The van der Waals surface area contributed by atoms with Crippen molar-refractivity contribution >= 4 is 11.7 Å². The molecular weight excluding hydrogens is 290 g/mol. The second-order valence-corrected chi connectivity index (χ2v) is 4.97. The number of Topliss-reactive ketones (excluding diaryl/α,β-unsaturated/α-hetero) is 1. The Morgan fingerprint density at radius 1 is 1.33 bits per heavy atom. The maximum absolute atomic E-state index is 13.1. The number of halogens is 4. The molecule has 0 heterocycles. The number of hydrogen-bond acceptors (Lipinski definition) is 2. The first-order chi connectivity index (χ1) is 9.77. The zero-order valence-corrected chi connectivity index (χ0v) is 11.0. The van der Waals surface area contributed by atoms with Crippen LogP contribution in [0.15, 0.2) is 18.2 Å². The molecule has 0 unspecified atom stereocenters. The number of alkyl halides is 3. The minimum atomic E-state index is -4.81. The molecule has 1 N–H and O–H groups in total. The Morgan fingerprint density at radius 3 is 2.62 bits per heavy atom. The molecule has 3 nitrogen and oxygen atoms in total. The largest absolute Gasteiger partial charge is 0.419 e. The Kier molecular flexibility index (Phi) is 4.29. The van der Waals surface area contributed by atoms with E-state index in [1.54, 1.807) is 0 Å². The van der Waals surface area contributed by atoms with Crippen molar-refractivity contribution in [1.29, 1.82) is 0 Å². The molecule has 1 aromatic carbocycles. The van der Waals surface area contributed by atoms with Crippen molar-refractivity contribution in [3.05, 3.63) is 35.1 Å². The van der Waals surface area contributed by atoms with Gasteiger partial charge in [0.15, 0.2) is 5.78 Å². The van der Waals surface area contributed by atoms with Gasteiger partial charge in [0, 0.05) is 6.42 Å². The summed E-state index contributed by atoms with van der Waals surface area (Å²) in [6.07, 6.45) is -3.49. The maximum atomic E-state index is 13.1. The highest BCUT2D eigenvalue weighted by molar-refractivity contribution is 5.91. The Morgan fingerprint density at radius 2 is 2.05 bits per heavy atom. The molecule has 114 valence electrons. The maximum Gasteiger partial charge on any atom is 0.419 e. The molecule has 0 radical (unpaired) electrons. The lowest BCUT2D eigenvalue weighted by Gasteiger charge is -2.12. The number of ketones is 1. The Labute approximate surface area is 118 Å². The Balaban J connectivity index is 2.06. The van der Waals surface area contributed by atoms with Crippen LogP contribution in [0, 0.1) is 5.82 Å². The summed E-state index contributed by atoms with van der Waals surface area (Å²) in [5.41, 5.74) is -1.35. The van der Waals surface area contributed by atoms with E-state index in [9.17, 15) is 27.2 Å². The standard InChI is InChI=1S/C14H13F4NO2/c15-10-5-4-8(6-9(10)14(16,17)18)7-13(21)19-11-2-1-3-12(11)20/h4-6,11H,1-3,7H2,(H,19,21)/t11-/m1/s1. The second-order valence-electron chi connectivity index (χ2n) is 4.97. The molecular formula is C14H13F4NO2. The smallest absolute Gasteiger partial charge is 0.346 e. The summed E-state index contributed by atoms with van der Waals surface area (Å²) in [7, 11) is 0. The summed E-state index contributed by atoms with van der Waals surface area (Å²) in [6.45, 7) is 0. The van der Waals surface area contributed by atoms with E-state index in [1.807, 2.05) is 0 Å². The molecule has 1 saturated carbocycles. The molecule has 1 fully saturated rings. The summed E-state index contributed by atoms with van der Waals surface area (Å²) < 4.78 is 50.8. The molecule has 7 heteroatoms. The molecule has 1 atom stereocenters. The molecule has 1 amide bonds. The van der Waals surface area contributed by atoms with Gasteiger partial charge >= 0.3 is 6.18 Å². The molecule has 0 aliphatic heterocycles. The first kappa shape index (κ1) is 15.5. The van der Waals surface area contributed by atoms with Gasteiger partial charge in [-0.25, -0.2) is 4.39 Å². The number of carbonyl (C=O) groups is 2. The van der Waals surface area contributed by atoms with E-state index in [1.165, 1.54) is 0 Å². The SMILES string of the molecule is O=C(Cc1ccc(F)c(C(F)(F)F)c1)N[C@@H]1CCCC1=O. The van der Waals surface area contributed by atoms with Gasteiger partial charge in [-0.15, -0.1) is 0 Å². The zero-order valence-electron chi connectivity index (χ0n) is 11.0. The van der Waals surface area contributed by atoms with Crippen molar-refractivity contribution in [2.75, 3.05) is 0 Å². The molecule has 1 aromatic rings. The Hall–Kier alpha value is -1.92. The van der Waals surface area contributed by atoms with E-state index in [2.05, 4.69) is 5.32 Å². The van der Waals surface area contributed by atoms with Crippen molar-refractivity contribution in [3.8, 4) is 0 Å². The van der Waals surface area contributed by atoms with Crippen molar-refractivity contribution < 1.29 is 27.2 Å². The molecule has 1 aliphatic rings. The van der Waals surface area contributed by atoms with E-state index < -0.39 is 29.5 Å². The normalized spacial score (nSPS) is 18.9. The average molecular weight is 303 g/mol. The van der Waals surface area contributed by atoms with E-state index >= 15 is 0 Å². The third-order valence-electron chi connectivity index (χ3n) is 3.34. The van der Waals surface area contributed by atoms with Gasteiger partial charge in [-0.1, -0.05) is 6.07 Å². The molecule has 2 rings (SSSR count). The fourth-order valence-electron chi connectivity index (χ4n) is 2.30. The van der Waals surface area contributed by atoms with Gasteiger partial charge < -0.3 is 5.32 Å². The van der Waals surface area contributed by atoms with E-state index in [-0.39, 0.29) is 17.8 Å². The lowest BCUT2D eigenvalue weighted by molar-refractivity contribution is -0.140. The van der Waals surface area contributed by atoms with Crippen LogP contribution >= 0.6 is 0 Å². The molecule has 0 saturated heterocycles.